The van der Waals surface area contributed by atoms with Crippen LogP contribution < -0.4 is 10.2 Å². The van der Waals surface area contributed by atoms with E-state index < -0.39 is 0 Å². The van der Waals surface area contributed by atoms with Gasteiger partial charge in [-0.1, -0.05) is 48.5 Å². The quantitative estimate of drug-likeness (QED) is 0.705. The lowest BCUT2D eigenvalue weighted by molar-refractivity contribution is -0.116. The number of carbonyl (C=O) groups is 2. The maximum absolute atomic E-state index is 12.6. The highest BCUT2D eigenvalue weighted by Gasteiger charge is 2.22. The monoisotopic (exact) mass is 384 g/mol. The number of fused-ring (bicyclic) bond motifs is 1. The average molecular weight is 384 g/mol. The molecule has 1 atom stereocenters. The summed E-state index contributed by atoms with van der Waals surface area (Å²) in [5.41, 5.74) is 6.07. The van der Waals surface area contributed by atoms with Crippen molar-refractivity contribution >= 4 is 17.5 Å². The molecule has 4 nitrogen and oxygen atoms in total. The highest BCUT2D eigenvalue weighted by Crippen LogP contribution is 2.32. The molecule has 4 rings (SSSR count). The minimum Gasteiger partial charge on any atom is -0.346 e. The molecule has 0 fully saturated rings. The van der Waals surface area contributed by atoms with Crippen LogP contribution in [-0.4, -0.2) is 18.4 Å². The summed E-state index contributed by atoms with van der Waals surface area (Å²) in [6.07, 6.45) is 0.876. The molecule has 0 saturated heterocycles. The first-order valence-corrected chi connectivity index (χ1v) is 9.90. The van der Waals surface area contributed by atoms with E-state index in [0.29, 0.717) is 5.56 Å². The van der Waals surface area contributed by atoms with Gasteiger partial charge in [0.15, 0.2) is 0 Å². The third-order valence-corrected chi connectivity index (χ3v) is 5.48. The van der Waals surface area contributed by atoms with Crippen molar-refractivity contribution in [3.8, 4) is 11.1 Å². The fourth-order valence-electron chi connectivity index (χ4n) is 3.83. The fraction of sp³-hybridized carbons (Fsp3) is 0.200. The lowest BCUT2D eigenvalue weighted by Crippen LogP contribution is -2.26. The fourth-order valence-corrected chi connectivity index (χ4v) is 3.83. The Morgan fingerprint density at radius 2 is 1.62 bits per heavy atom. The molecule has 0 aliphatic carbocycles. The highest BCUT2D eigenvalue weighted by molar-refractivity contribution is 5.95. The van der Waals surface area contributed by atoms with Crippen LogP contribution in [0.2, 0.25) is 0 Å². The van der Waals surface area contributed by atoms with E-state index in [2.05, 4.69) is 11.4 Å². The van der Waals surface area contributed by atoms with Crippen molar-refractivity contribution in [2.24, 2.45) is 0 Å². The molecule has 0 spiro atoms. The van der Waals surface area contributed by atoms with Gasteiger partial charge in [0.25, 0.3) is 5.91 Å². The minimum atomic E-state index is -0.0843. The van der Waals surface area contributed by atoms with E-state index in [1.165, 1.54) is 5.56 Å². The molecule has 2 amide bonds. The second kappa shape index (κ2) is 7.92. The number of nitrogens with one attached hydrogen (secondary N) is 1. The summed E-state index contributed by atoms with van der Waals surface area (Å²) >= 11 is 0. The summed E-state index contributed by atoms with van der Waals surface area (Å²) in [6.45, 7) is 4.33. The number of carbonyl (C=O) groups excluding carboxylic acids is 2. The number of benzene rings is 3. The van der Waals surface area contributed by atoms with E-state index in [9.17, 15) is 9.59 Å². The van der Waals surface area contributed by atoms with Gasteiger partial charge in [0.2, 0.25) is 5.91 Å². The summed E-state index contributed by atoms with van der Waals surface area (Å²) < 4.78 is 0. The van der Waals surface area contributed by atoms with Crippen LogP contribution in [0.1, 0.15) is 41.4 Å². The smallest absolute Gasteiger partial charge is 0.251 e. The zero-order chi connectivity index (χ0) is 20.4. The Labute approximate surface area is 171 Å². The minimum absolute atomic E-state index is 0.0516. The molecule has 0 aromatic heterocycles. The van der Waals surface area contributed by atoms with Crippen LogP contribution in [0.25, 0.3) is 11.1 Å². The molecule has 1 N–H and O–H groups in total. The molecule has 0 radical (unpaired) electrons. The molecule has 29 heavy (non-hydrogen) atoms. The van der Waals surface area contributed by atoms with E-state index in [-0.39, 0.29) is 17.9 Å². The van der Waals surface area contributed by atoms with Gasteiger partial charge < -0.3 is 10.2 Å². The van der Waals surface area contributed by atoms with E-state index in [1.807, 2.05) is 78.6 Å². The average Bonchev–Trinajstić information content (AvgIpc) is 3.18. The SMILES string of the molecule is CC(=O)N1CCc2cc(-c3ccc(C(=O)N[C@@H](C)c4ccccc4)cc3)ccc21. The van der Waals surface area contributed by atoms with E-state index in [0.717, 1.165) is 35.3 Å². The first-order chi connectivity index (χ1) is 14.0. The van der Waals surface area contributed by atoms with Crippen LogP contribution in [0, 0.1) is 0 Å². The van der Waals surface area contributed by atoms with Crippen molar-refractivity contribution in [2.45, 2.75) is 26.3 Å². The number of hydrogen-bond acceptors (Lipinski definition) is 2. The molecule has 3 aromatic rings. The number of hydrogen-bond donors (Lipinski definition) is 1. The van der Waals surface area contributed by atoms with Crippen LogP contribution in [-0.2, 0) is 11.2 Å². The molecular formula is C25H24N2O2. The van der Waals surface area contributed by atoms with Crippen molar-refractivity contribution in [1.29, 1.82) is 0 Å². The topological polar surface area (TPSA) is 49.4 Å². The molecular weight excluding hydrogens is 360 g/mol. The Morgan fingerprint density at radius 3 is 2.31 bits per heavy atom. The predicted octanol–water partition coefficient (Wildman–Crippen LogP) is 4.75. The first kappa shape index (κ1) is 18.9. The van der Waals surface area contributed by atoms with Crippen LogP contribution >= 0.6 is 0 Å². The molecule has 0 unspecified atom stereocenters. The summed E-state index contributed by atoms with van der Waals surface area (Å²) in [5, 5.41) is 3.04. The summed E-state index contributed by atoms with van der Waals surface area (Å²) in [7, 11) is 0. The van der Waals surface area contributed by atoms with Crippen molar-refractivity contribution in [3.63, 3.8) is 0 Å². The molecule has 3 aromatic carbocycles. The Kier molecular flexibility index (Phi) is 5.17. The number of nitrogens with zero attached hydrogens (tertiary/aromatic N) is 1. The van der Waals surface area contributed by atoms with Crippen molar-refractivity contribution < 1.29 is 9.59 Å². The van der Waals surface area contributed by atoms with Gasteiger partial charge in [0.05, 0.1) is 6.04 Å². The Morgan fingerprint density at radius 1 is 0.931 bits per heavy atom. The van der Waals surface area contributed by atoms with Gasteiger partial charge in [-0.3, -0.25) is 9.59 Å². The molecule has 4 heteroatoms. The number of rotatable bonds is 4. The van der Waals surface area contributed by atoms with Gasteiger partial charge in [0, 0.05) is 24.7 Å². The van der Waals surface area contributed by atoms with E-state index in [1.54, 1.807) is 6.92 Å². The summed E-state index contributed by atoms with van der Waals surface area (Å²) in [4.78, 5) is 26.1. The lowest BCUT2D eigenvalue weighted by atomic mass is 10.00. The van der Waals surface area contributed by atoms with Crippen LogP contribution in [0.5, 0.6) is 0 Å². The van der Waals surface area contributed by atoms with Crippen LogP contribution in [0.4, 0.5) is 5.69 Å². The van der Waals surface area contributed by atoms with Crippen LogP contribution in [0.3, 0.4) is 0 Å². The highest BCUT2D eigenvalue weighted by atomic mass is 16.2. The van der Waals surface area contributed by atoms with Gasteiger partial charge >= 0.3 is 0 Å². The largest absolute Gasteiger partial charge is 0.346 e. The zero-order valence-electron chi connectivity index (χ0n) is 16.7. The molecule has 1 aliphatic heterocycles. The second-order valence-corrected chi connectivity index (χ2v) is 7.45. The van der Waals surface area contributed by atoms with Gasteiger partial charge in [-0.2, -0.15) is 0 Å². The van der Waals surface area contributed by atoms with E-state index >= 15 is 0 Å². The third kappa shape index (κ3) is 3.92. The zero-order valence-corrected chi connectivity index (χ0v) is 16.7. The van der Waals surface area contributed by atoms with Crippen molar-refractivity contribution in [2.75, 3.05) is 11.4 Å². The lowest BCUT2D eigenvalue weighted by Gasteiger charge is -2.15. The molecule has 0 saturated carbocycles. The Balaban J connectivity index is 1.48. The van der Waals surface area contributed by atoms with Crippen molar-refractivity contribution in [1.82, 2.24) is 5.32 Å². The maximum atomic E-state index is 12.6. The molecule has 1 aliphatic rings. The Hall–Kier alpha value is -3.40. The molecule has 0 bridgehead atoms. The van der Waals surface area contributed by atoms with Gasteiger partial charge in [-0.25, -0.2) is 0 Å². The third-order valence-electron chi connectivity index (χ3n) is 5.48. The van der Waals surface area contributed by atoms with Gasteiger partial charge in [0.1, 0.15) is 0 Å². The first-order valence-electron chi connectivity index (χ1n) is 9.90. The number of anilines is 1. The van der Waals surface area contributed by atoms with E-state index in [4.69, 9.17) is 0 Å². The number of amides is 2. The standard InChI is InChI=1S/C25H24N2O2/c1-17(19-6-4-3-5-7-19)26-25(29)21-10-8-20(9-11-21)22-12-13-24-23(16-22)14-15-27(24)18(2)28/h3-13,16-17H,14-15H2,1-2H3,(H,26,29)/t17-/m0/s1. The van der Waals surface area contributed by atoms with Crippen LogP contribution in [0.15, 0.2) is 72.8 Å². The van der Waals surface area contributed by atoms with Gasteiger partial charge in [-0.15, -0.1) is 0 Å². The predicted molar refractivity (Wildman–Crippen MR) is 116 cm³/mol. The summed E-state index contributed by atoms with van der Waals surface area (Å²) in [5.74, 6) is -0.00412. The van der Waals surface area contributed by atoms with Crippen molar-refractivity contribution in [3.05, 3.63) is 89.5 Å². The molecule has 1 heterocycles. The maximum Gasteiger partial charge on any atom is 0.251 e. The second-order valence-electron chi connectivity index (χ2n) is 7.45. The normalized spacial score (nSPS) is 13.7. The summed E-state index contributed by atoms with van der Waals surface area (Å²) in [6, 6.07) is 23.7. The van der Waals surface area contributed by atoms with Gasteiger partial charge in [-0.05, 0) is 59.9 Å². The Bertz CT molecular complexity index is 1040. The molecule has 146 valence electrons.